The zero-order valence-electron chi connectivity index (χ0n) is 22.2. The fourth-order valence-electron chi connectivity index (χ4n) is 4.86. The van der Waals surface area contributed by atoms with E-state index in [0.717, 1.165) is 28.3 Å². The summed E-state index contributed by atoms with van der Waals surface area (Å²) in [6, 6.07) is 11.4. The molecule has 4 heterocycles. The van der Waals surface area contributed by atoms with Crippen LogP contribution in [0.2, 0.25) is 5.02 Å². The number of piperazine rings is 1. The van der Waals surface area contributed by atoms with E-state index in [9.17, 15) is 4.79 Å². The number of pyridine rings is 1. The second-order valence-corrected chi connectivity index (χ2v) is 11.8. The number of hydrogen-bond acceptors (Lipinski definition) is 6. The zero-order valence-corrected chi connectivity index (χ0v) is 22.9. The van der Waals surface area contributed by atoms with Crippen LogP contribution in [0.5, 0.6) is 0 Å². The predicted octanol–water partition coefficient (Wildman–Crippen LogP) is 6.29. The molecule has 1 amide bonds. The monoisotopic (exact) mass is 517 g/mol. The Morgan fingerprint density at radius 1 is 1.05 bits per heavy atom. The normalized spacial score (nSPS) is 15.9. The van der Waals surface area contributed by atoms with Crippen molar-refractivity contribution in [3.05, 3.63) is 70.8 Å². The first-order chi connectivity index (χ1) is 17.4. The van der Waals surface area contributed by atoms with Crippen molar-refractivity contribution in [3.63, 3.8) is 0 Å². The average molecular weight is 518 g/mol. The van der Waals surface area contributed by atoms with Crippen molar-refractivity contribution in [2.45, 2.75) is 52.5 Å². The first-order valence-electron chi connectivity index (χ1n) is 12.5. The highest BCUT2D eigenvalue weighted by Crippen LogP contribution is 2.36. The van der Waals surface area contributed by atoms with Crippen LogP contribution >= 0.6 is 11.6 Å². The van der Waals surface area contributed by atoms with Crippen molar-refractivity contribution in [2.24, 2.45) is 0 Å². The molecule has 37 heavy (non-hydrogen) atoms. The molecule has 5 rings (SSSR count). The van der Waals surface area contributed by atoms with E-state index in [2.05, 4.69) is 55.6 Å². The number of carbonyl (C=O) groups is 1. The molecule has 1 aliphatic rings. The quantitative estimate of drug-likeness (QED) is 0.318. The fourth-order valence-corrected chi connectivity index (χ4v) is 4.99. The van der Waals surface area contributed by atoms with Gasteiger partial charge in [-0.2, -0.15) is 0 Å². The van der Waals surface area contributed by atoms with Crippen LogP contribution in [0.15, 0.2) is 53.2 Å². The molecule has 0 bridgehead atoms. The van der Waals surface area contributed by atoms with Crippen molar-refractivity contribution >= 4 is 34.4 Å². The fraction of sp³-hybridized carbons (Fsp3) is 0.379. The van der Waals surface area contributed by atoms with E-state index in [1.807, 2.05) is 36.1 Å². The van der Waals surface area contributed by atoms with E-state index in [4.69, 9.17) is 21.0 Å². The smallest absolute Gasteiger partial charge is 0.290 e. The van der Waals surface area contributed by atoms with Gasteiger partial charge < -0.3 is 14.2 Å². The molecule has 0 spiro atoms. The number of furan rings is 1. The Morgan fingerprint density at radius 2 is 1.78 bits per heavy atom. The molecule has 1 aromatic carbocycles. The summed E-state index contributed by atoms with van der Waals surface area (Å²) >= 11 is 6.10. The molecule has 192 valence electrons. The lowest BCUT2D eigenvalue weighted by Crippen LogP contribution is -2.61. The molecule has 3 aromatic heterocycles. The van der Waals surface area contributed by atoms with Crippen LogP contribution in [0, 0.1) is 6.92 Å². The summed E-state index contributed by atoms with van der Waals surface area (Å²) in [6.45, 7) is 14.3. The van der Waals surface area contributed by atoms with Crippen molar-refractivity contribution in [3.8, 4) is 11.3 Å². The van der Waals surface area contributed by atoms with Gasteiger partial charge in [0.05, 0.1) is 29.3 Å². The maximum atomic E-state index is 13.8. The Labute approximate surface area is 222 Å². The minimum absolute atomic E-state index is 0.134. The summed E-state index contributed by atoms with van der Waals surface area (Å²) in [6.07, 6.45) is 3.56. The minimum atomic E-state index is -0.435. The molecule has 7 nitrogen and oxygen atoms in total. The van der Waals surface area contributed by atoms with Crippen molar-refractivity contribution in [1.29, 1.82) is 0 Å². The summed E-state index contributed by atoms with van der Waals surface area (Å²) in [5.41, 5.74) is 4.35. The number of hydrogen-bond donors (Lipinski definition) is 0. The van der Waals surface area contributed by atoms with Crippen molar-refractivity contribution in [1.82, 2.24) is 19.9 Å². The van der Waals surface area contributed by atoms with E-state index in [-0.39, 0.29) is 11.3 Å². The number of nitrogens with zero attached hydrogens (tertiary/aromatic N) is 5. The van der Waals surface area contributed by atoms with Crippen LogP contribution in [0.1, 0.15) is 56.4 Å². The maximum absolute atomic E-state index is 13.8. The molecule has 0 aliphatic carbocycles. The van der Waals surface area contributed by atoms with Gasteiger partial charge in [0.2, 0.25) is 0 Å². The predicted molar refractivity (Wildman–Crippen MR) is 147 cm³/mol. The van der Waals surface area contributed by atoms with Crippen LogP contribution in [0.3, 0.4) is 0 Å². The van der Waals surface area contributed by atoms with Gasteiger partial charge in [-0.05, 0) is 44.4 Å². The largest absolute Gasteiger partial charge is 0.449 e. The zero-order chi connectivity index (χ0) is 26.5. The number of aryl methyl sites for hydroxylation is 1. The molecular weight excluding hydrogens is 486 g/mol. The third-order valence-corrected chi connectivity index (χ3v) is 7.13. The lowest BCUT2D eigenvalue weighted by Gasteiger charge is -2.47. The van der Waals surface area contributed by atoms with Crippen LogP contribution in [-0.4, -0.2) is 50.9 Å². The molecule has 0 saturated carbocycles. The molecule has 4 aromatic rings. The van der Waals surface area contributed by atoms with E-state index < -0.39 is 5.54 Å². The molecule has 0 N–H and O–H groups in total. The van der Waals surface area contributed by atoms with Gasteiger partial charge in [0.15, 0.2) is 11.3 Å². The maximum Gasteiger partial charge on any atom is 0.290 e. The Hall–Kier alpha value is -3.45. The number of rotatable bonds is 3. The number of benzene rings is 1. The van der Waals surface area contributed by atoms with Gasteiger partial charge in [-0.15, -0.1) is 0 Å². The van der Waals surface area contributed by atoms with E-state index in [1.165, 1.54) is 0 Å². The summed E-state index contributed by atoms with van der Waals surface area (Å²) in [7, 11) is 0. The number of carbonyl (C=O) groups excluding carboxylic acids is 1. The Morgan fingerprint density at radius 3 is 2.41 bits per heavy atom. The molecular formula is C29H32ClN5O2. The molecule has 0 unspecified atom stereocenters. The first kappa shape index (κ1) is 25.2. The van der Waals surface area contributed by atoms with Gasteiger partial charge in [0, 0.05) is 41.9 Å². The number of fused-ring (bicyclic) bond motifs is 1. The first-order valence-corrected chi connectivity index (χ1v) is 12.9. The number of aromatic nitrogens is 3. The van der Waals surface area contributed by atoms with Gasteiger partial charge in [0.1, 0.15) is 11.3 Å². The van der Waals surface area contributed by atoms with Crippen LogP contribution in [0.25, 0.3) is 22.4 Å². The highest BCUT2D eigenvalue weighted by molar-refractivity contribution is 6.30. The SMILES string of the molecule is Cc1cnc(N2CCN(C(=O)c3cc4nc(-c5ccc(Cl)cc5)cc(C(C)(C)C)c4o3)C(C)(C)C2)cn1. The lowest BCUT2D eigenvalue weighted by molar-refractivity contribution is 0.0483. The molecule has 8 heteroatoms. The van der Waals surface area contributed by atoms with Crippen LogP contribution in [-0.2, 0) is 5.41 Å². The number of anilines is 1. The molecule has 0 atom stereocenters. The second kappa shape index (κ2) is 9.14. The third-order valence-electron chi connectivity index (χ3n) is 6.88. The summed E-state index contributed by atoms with van der Waals surface area (Å²) in [4.78, 5) is 31.6. The number of amides is 1. The highest BCUT2D eigenvalue weighted by Gasteiger charge is 2.39. The van der Waals surface area contributed by atoms with Crippen molar-refractivity contribution < 1.29 is 9.21 Å². The average Bonchev–Trinajstić information content (AvgIpc) is 3.27. The van der Waals surface area contributed by atoms with Gasteiger partial charge >= 0.3 is 0 Å². The minimum Gasteiger partial charge on any atom is -0.449 e. The molecule has 0 radical (unpaired) electrons. The standard InChI is InChI=1S/C29H32ClN5O2/c1-18-15-32-25(16-31-18)34-11-12-35(29(5,6)17-34)27(36)24-14-23-26(37-24)21(28(2,3)4)13-22(33-23)19-7-9-20(30)10-8-19/h7-10,13-16H,11-12,17H2,1-6H3. The Bertz CT molecular complexity index is 1450. The van der Waals surface area contributed by atoms with Gasteiger partial charge in [-0.1, -0.05) is 44.5 Å². The highest BCUT2D eigenvalue weighted by atomic mass is 35.5. The van der Waals surface area contributed by atoms with Crippen molar-refractivity contribution in [2.75, 3.05) is 24.5 Å². The third kappa shape index (κ3) is 4.92. The summed E-state index contributed by atoms with van der Waals surface area (Å²) in [5, 5.41) is 0.675. The van der Waals surface area contributed by atoms with Gasteiger partial charge in [-0.3, -0.25) is 9.78 Å². The Kier molecular flexibility index (Phi) is 6.23. The Balaban J connectivity index is 1.48. The lowest BCUT2D eigenvalue weighted by atomic mass is 9.86. The summed E-state index contributed by atoms with van der Waals surface area (Å²) in [5.74, 6) is 0.992. The van der Waals surface area contributed by atoms with Crippen LogP contribution in [0.4, 0.5) is 5.82 Å². The molecule has 1 fully saturated rings. The van der Waals surface area contributed by atoms with E-state index in [0.29, 0.717) is 41.5 Å². The van der Waals surface area contributed by atoms with Crippen LogP contribution < -0.4 is 4.90 Å². The van der Waals surface area contributed by atoms with Gasteiger partial charge in [0.25, 0.3) is 5.91 Å². The molecule has 1 aliphatic heterocycles. The topological polar surface area (TPSA) is 75.4 Å². The number of halogens is 1. The van der Waals surface area contributed by atoms with E-state index >= 15 is 0 Å². The van der Waals surface area contributed by atoms with Gasteiger partial charge in [-0.25, -0.2) is 9.97 Å². The molecule has 1 saturated heterocycles. The second-order valence-electron chi connectivity index (χ2n) is 11.3. The van der Waals surface area contributed by atoms with E-state index in [1.54, 1.807) is 18.5 Å². The summed E-state index contributed by atoms with van der Waals surface area (Å²) < 4.78 is 6.26.